The molecule has 1 heterocycles. The molecule has 21 heavy (non-hydrogen) atoms. The van der Waals surface area contributed by atoms with Gasteiger partial charge in [0.25, 0.3) is 0 Å². The predicted octanol–water partition coefficient (Wildman–Crippen LogP) is 3.93. The second kappa shape index (κ2) is 7.13. The van der Waals surface area contributed by atoms with E-state index in [0.717, 1.165) is 25.8 Å². The lowest BCUT2D eigenvalue weighted by Crippen LogP contribution is -2.43. The molecule has 2 fully saturated rings. The molecule has 2 rings (SSSR count). The minimum atomic E-state index is 0.0792. The molecule has 1 aliphatic heterocycles. The number of nitrogens with zero attached hydrogens (tertiary/aromatic N) is 1. The highest BCUT2D eigenvalue weighted by Gasteiger charge is 2.42. The quantitative estimate of drug-likeness (QED) is 0.805. The third-order valence-corrected chi connectivity index (χ3v) is 5.08. The first-order chi connectivity index (χ1) is 9.92. The van der Waals surface area contributed by atoms with Crippen molar-refractivity contribution in [3.63, 3.8) is 0 Å². The van der Waals surface area contributed by atoms with Gasteiger partial charge in [-0.2, -0.15) is 0 Å². The molecule has 1 N–H and O–H groups in total. The number of unbranched alkanes of at least 4 members (excludes halogenated alkanes) is 1. The van der Waals surface area contributed by atoms with Crippen molar-refractivity contribution >= 4 is 5.91 Å². The van der Waals surface area contributed by atoms with E-state index in [1.807, 2.05) is 0 Å². The third kappa shape index (κ3) is 4.45. The molecular formula is C18H34N2O. The lowest BCUT2D eigenvalue weighted by molar-refractivity contribution is -0.131. The van der Waals surface area contributed by atoms with Gasteiger partial charge in [0, 0.05) is 6.54 Å². The summed E-state index contributed by atoms with van der Waals surface area (Å²) in [4.78, 5) is 14.9. The van der Waals surface area contributed by atoms with Crippen molar-refractivity contribution in [3.05, 3.63) is 0 Å². The number of carbonyl (C=O) groups excluding carboxylic acids is 1. The van der Waals surface area contributed by atoms with Gasteiger partial charge in [0.05, 0.1) is 12.2 Å². The Hall–Kier alpha value is -0.570. The molecule has 0 spiro atoms. The Labute approximate surface area is 130 Å². The van der Waals surface area contributed by atoms with E-state index >= 15 is 0 Å². The van der Waals surface area contributed by atoms with Gasteiger partial charge in [-0.1, -0.05) is 53.4 Å². The normalized spacial score (nSPS) is 27.8. The van der Waals surface area contributed by atoms with Crippen LogP contribution in [0.3, 0.4) is 0 Å². The molecule has 1 saturated carbocycles. The van der Waals surface area contributed by atoms with Gasteiger partial charge in [-0.3, -0.25) is 10.1 Å². The molecule has 2 aliphatic rings. The van der Waals surface area contributed by atoms with Crippen molar-refractivity contribution in [1.29, 1.82) is 0 Å². The van der Waals surface area contributed by atoms with E-state index in [-0.39, 0.29) is 6.04 Å². The van der Waals surface area contributed by atoms with Crippen molar-refractivity contribution in [2.75, 3.05) is 6.54 Å². The number of carbonyl (C=O) groups is 1. The van der Waals surface area contributed by atoms with Gasteiger partial charge in [0.2, 0.25) is 5.91 Å². The van der Waals surface area contributed by atoms with Crippen molar-refractivity contribution in [2.24, 2.45) is 11.3 Å². The molecule has 0 radical (unpaired) electrons. The average Bonchev–Trinajstić information content (AvgIpc) is 3.01. The monoisotopic (exact) mass is 294 g/mol. The van der Waals surface area contributed by atoms with Gasteiger partial charge in [0.15, 0.2) is 0 Å². The van der Waals surface area contributed by atoms with Gasteiger partial charge in [-0.15, -0.1) is 0 Å². The summed E-state index contributed by atoms with van der Waals surface area (Å²) in [6.45, 7) is 9.91. The molecule has 2 atom stereocenters. The molecule has 0 aromatic heterocycles. The molecule has 3 heteroatoms. The topological polar surface area (TPSA) is 32.3 Å². The first-order valence-corrected chi connectivity index (χ1v) is 8.99. The van der Waals surface area contributed by atoms with Crippen LogP contribution < -0.4 is 5.32 Å². The fraction of sp³-hybridized carbons (Fsp3) is 0.944. The fourth-order valence-corrected chi connectivity index (χ4v) is 3.69. The Balaban J connectivity index is 2.02. The van der Waals surface area contributed by atoms with Gasteiger partial charge < -0.3 is 4.90 Å². The molecular weight excluding hydrogens is 260 g/mol. The maximum atomic E-state index is 12.8. The van der Waals surface area contributed by atoms with E-state index in [2.05, 4.69) is 37.9 Å². The van der Waals surface area contributed by atoms with Crippen LogP contribution in [-0.4, -0.2) is 29.6 Å². The van der Waals surface area contributed by atoms with Crippen LogP contribution in [0.15, 0.2) is 0 Å². The zero-order valence-electron chi connectivity index (χ0n) is 14.5. The van der Waals surface area contributed by atoms with Gasteiger partial charge in [0.1, 0.15) is 0 Å². The van der Waals surface area contributed by atoms with Gasteiger partial charge >= 0.3 is 0 Å². The number of amides is 1. The van der Waals surface area contributed by atoms with E-state index in [9.17, 15) is 4.79 Å². The Morgan fingerprint density at radius 3 is 2.48 bits per heavy atom. The summed E-state index contributed by atoms with van der Waals surface area (Å²) in [5.41, 5.74) is 0.294. The molecule has 1 amide bonds. The largest absolute Gasteiger partial charge is 0.325 e. The summed E-state index contributed by atoms with van der Waals surface area (Å²) < 4.78 is 0. The first kappa shape index (κ1) is 16.8. The van der Waals surface area contributed by atoms with Gasteiger partial charge in [-0.05, 0) is 37.0 Å². The Morgan fingerprint density at radius 2 is 1.90 bits per heavy atom. The maximum absolute atomic E-state index is 12.8. The van der Waals surface area contributed by atoms with Crippen molar-refractivity contribution < 1.29 is 4.79 Å². The van der Waals surface area contributed by atoms with E-state index in [4.69, 9.17) is 0 Å². The summed E-state index contributed by atoms with van der Waals surface area (Å²) in [7, 11) is 0. The van der Waals surface area contributed by atoms with Crippen LogP contribution in [0.5, 0.6) is 0 Å². The summed E-state index contributed by atoms with van der Waals surface area (Å²) in [6.07, 6.45) is 9.97. The van der Waals surface area contributed by atoms with E-state index in [1.165, 1.54) is 32.1 Å². The van der Waals surface area contributed by atoms with Crippen LogP contribution >= 0.6 is 0 Å². The van der Waals surface area contributed by atoms with Crippen LogP contribution in [0.2, 0.25) is 0 Å². The second-order valence-corrected chi connectivity index (χ2v) is 8.19. The van der Waals surface area contributed by atoms with E-state index in [0.29, 0.717) is 23.4 Å². The Kier molecular flexibility index (Phi) is 5.70. The summed E-state index contributed by atoms with van der Waals surface area (Å²) in [5, 5.41) is 3.68. The van der Waals surface area contributed by atoms with E-state index < -0.39 is 0 Å². The zero-order chi connectivity index (χ0) is 15.5. The Morgan fingerprint density at radius 1 is 1.24 bits per heavy atom. The van der Waals surface area contributed by atoms with Crippen LogP contribution in [0.4, 0.5) is 0 Å². The van der Waals surface area contributed by atoms with Crippen LogP contribution in [0.1, 0.15) is 79.1 Å². The summed E-state index contributed by atoms with van der Waals surface area (Å²) in [5.74, 6) is 1.05. The number of hydrogen-bond acceptors (Lipinski definition) is 2. The number of rotatable bonds is 6. The van der Waals surface area contributed by atoms with E-state index in [1.54, 1.807) is 0 Å². The minimum absolute atomic E-state index is 0.0792. The van der Waals surface area contributed by atoms with Crippen molar-refractivity contribution in [3.8, 4) is 0 Å². The minimum Gasteiger partial charge on any atom is -0.325 e. The molecule has 0 aromatic carbocycles. The SMILES string of the molecule is CCCCC1NC(C2CCCC2)N(CCC(C)(C)C)C1=O. The predicted molar refractivity (Wildman–Crippen MR) is 88.0 cm³/mol. The molecule has 1 aliphatic carbocycles. The fourth-order valence-electron chi connectivity index (χ4n) is 3.69. The second-order valence-electron chi connectivity index (χ2n) is 8.19. The third-order valence-electron chi connectivity index (χ3n) is 5.08. The molecule has 3 nitrogen and oxygen atoms in total. The van der Waals surface area contributed by atoms with Crippen molar-refractivity contribution in [2.45, 2.75) is 91.3 Å². The highest BCUT2D eigenvalue weighted by molar-refractivity contribution is 5.84. The molecule has 1 saturated heterocycles. The van der Waals surface area contributed by atoms with Crippen LogP contribution in [-0.2, 0) is 4.79 Å². The summed E-state index contributed by atoms with van der Waals surface area (Å²) in [6, 6.07) is 0.0792. The molecule has 0 bridgehead atoms. The van der Waals surface area contributed by atoms with Crippen molar-refractivity contribution in [1.82, 2.24) is 10.2 Å². The zero-order valence-corrected chi connectivity index (χ0v) is 14.5. The highest BCUT2D eigenvalue weighted by atomic mass is 16.2. The number of hydrogen-bond donors (Lipinski definition) is 1. The first-order valence-electron chi connectivity index (χ1n) is 8.99. The number of nitrogens with one attached hydrogen (secondary N) is 1. The molecule has 2 unspecified atom stereocenters. The van der Waals surface area contributed by atoms with Crippen LogP contribution in [0, 0.1) is 11.3 Å². The standard InChI is InChI=1S/C18H34N2O/c1-5-6-11-15-17(21)20(13-12-18(2,3)4)16(19-15)14-9-7-8-10-14/h14-16,19H,5-13H2,1-4H3. The lowest BCUT2D eigenvalue weighted by atomic mass is 9.91. The lowest BCUT2D eigenvalue weighted by Gasteiger charge is -2.31. The summed E-state index contributed by atoms with van der Waals surface area (Å²) >= 11 is 0. The Bertz CT molecular complexity index is 342. The smallest absolute Gasteiger partial charge is 0.241 e. The highest BCUT2D eigenvalue weighted by Crippen LogP contribution is 2.33. The van der Waals surface area contributed by atoms with Crippen LogP contribution in [0.25, 0.3) is 0 Å². The average molecular weight is 294 g/mol. The van der Waals surface area contributed by atoms with Gasteiger partial charge in [-0.25, -0.2) is 0 Å². The molecule has 0 aromatic rings. The maximum Gasteiger partial charge on any atom is 0.241 e. The molecule has 122 valence electrons.